The molecule has 0 heterocycles. The number of hydrogen-bond acceptors (Lipinski definition) is 4. The zero-order valence-corrected chi connectivity index (χ0v) is 14.7. The molecule has 0 unspecified atom stereocenters. The first-order chi connectivity index (χ1) is 10.2. The van der Waals surface area contributed by atoms with Gasteiger partial charge in [0.1, 0.15) is 0 Å². The van der Waals surface area contributed by atoms with E-state index in [1.54, 1.807) is 0 Å². The number of aliphatic hydroxyl groups is 1. The van der Waals surface area contributed by atoms with E-state index in [9.17, 15) is 9.90 Å². The number of nitrogens with two attached hydrogens (primary N) is 1. The molecule has 1 saturated carbocycles. The van der Waals surface area contributed by atoms with Gasteiger partial charge in [0.05, 0.1) is 11.6 Å². The monoisotopic (exact) mass is 313 g/mol. The molecule has 1 amide bonds. The van der Waals surface area contributed by atoms with E-state index in [0.717, 1.165) is 6.42 Å². The standard InChI is InChI=1S/C17H35N3O2/c1-12(2)20-16(22)17(3,4)19-11-15(21)14(18)10-13-8-6-5-7-9-13/h12-15,19,21H,5-11,18H2,1-4H3,(H,20,22)/t14-,15-/m0/s1. The van der Waals surface area contributed by atoms with E-state index in [-0.39, 0.29) is 18.0 Å². The molecule has 0 aromatic rings. The van der Waals surface area contributed by atoms with Crippen LogP contribution in [0.5, 0.6) is 0 Å². The molecule has 22 heavy (non-hydrogen) atoms. The van der Waals surface area contributed by atoms with Gasteiger partial charge in [-0.05, 0) is 40.0 Å². The third-order valence-electron chi connectivity index (χ3n) is 4.57. The molecule has 5 nitrogen and oxygen atoms in total. The minimum atomic E-state index is -0.712. The number of hydrogen-bond donors (Lipinski definition) is 4. The molecule has 0 radical (unpaired) electrons. The van der Waals surface area contributed by atoms with E-state index in [0.29, 0.717) is 12.5 Å². The molecule has 0 aromatic carbocycles. The highest BCUT2D eigenvalue weighted by atomic mass is 16.3. The number of nitrogens with one attached hydrogen (secondary N) is 2. The first kappa shape index (κ1) is 19.4. The Morgan fingerprint density at radius 1 is 1.27 bits per heavy atom. The maximum absolute atomic E-state index is 12.1. The van der Waals surface area contributed by atoms with Crippen LogP contribution in [0.4, 0.5) is 0 Å². The number of aliphatic hydroxyl groups excluding tert-OH is 1. The van der Waals surface area contributed by atoms with Crippen LogP contribution in [-0.4, -0.2) is 41.3 Å². The Kier molecular flexibility index (Phi) is 7.80. The zero-order valence-electron chi connectivity index (χ0n) is 14.7. The topological polar surface area (TPSA) is 87.4 Å². The van der Waals surface area contributed by atoms with Crippen molar-refractivity contribution in [2.75, 3.05) is 6.54 Å². The van der Waals surface area contributed by atoms with Gasteiger partial charge in [0, 0.05) is 18.6 Å². The third kappa shape index (κ3) is 6.63. The summed E-state index contributed by atoms with van der Waals surface area (Å²) in [5.41, 5.74) is 5.43. The molecule has 0 bridgehead atoms. The highest BCUT2D eigenvalue weighted by Crippen LogP contribution is 2.27. The summed E-state index contributed by atoms with van der Waals surface area (Å²) in [6.07, 6.45) is 6.62. The van der Waals surface area contributed by atoms with Gasteiger partial charge in [-0.2, -0.15) is 0 Å². The Hall–Kier alpha value is -0.650. The molecule has 0 spiro atoms. The summed E-state index contributed by atoms with van der Waals surface area (Å²) in [5, 5.41) is 16.3. The van der Waals surface area contributed by atoms with E-state index in [2.05, 4.69) is 10.6 Å². The normalized spacial score (nSPS) is 20.0. The van der Waals surface area contributed by atoms with E-state index in [1.165, 1.54) is 32.1 Å². The molecule has 0 aliphatic heterocycles. The van der Waals surface area contributed by atoms with Crippen LogP contribution in [0.25, 0.3) is 0 Å². The summed E-state index contributed by atoms with van der Waals surface area (Å²) >= 11 is 0. The lowest BCUT2D eigenvalue weighted by atomic mass is 9.84. The van der Waals surface area contributed by atoms with Crippen LogP contribution in [0.3, 0.4) is 0 Å². The fourth-order valence-corrected chi connectivity index (χ4v) is 3.00. The molecule has 1 aliphatic carbocycles. The van der Waals surface area contributed by atoms with Gasteiger partial charge < -0.3 is 21.5 Å². The van der Waals surface area contributed by atoms with Gasteiger partial charge in [-0.15, -0.1) is 0 Å². The number of rotatable bonds is 8. The lowest BCUT2D eigenvalue weighted by Crippen LogP contribution is -2.57. The average molecular weight is 313 g/mol. The van der Waals surface area contributed by atoms with Gasteiger partial charge in [-0.25, -0.2) is 0 Å². The van der Waals surface area contributed by atoms with Crippen molar-refractivity contribution in [3.05, 3.63) is 0 Å². The van der Waals surface area contributed by atoms with Crippen LogP contribution in [0.2, 0.25) is 0 Å². The van der Waals surface area contributed by atoms with Crippen LogP contribution in [0.1, 0.15) is 66.2 Å². The van der Waals surface area contributed by atoms with Crippen LogP contribution < -0.4 is 16.4 Å². The van der Waals surface area contributed by atoms with E-state index in [4.69, 9.17) is 5.73 Å². The minimum Gasteiger partial charge on any atom is -0.390 e. The van der Waals surface area contributed by atoms with Crippen LogP contribution in [-0.2, 0) is 4.79 Å². The summed E-state index contributed by atoms with van der Waals surface area (Å²) < 4.78 is 0. The van der Waals surface area contributed by atoms with Gasteiger partial charge in [-0.3, -0.25) is 4.79 Å². The highest BCUT2D eigenvalue weighted by molar-refractivity contribution is 5.85. The summed E-state index contributed by atoms with van der Waals surface area (Å²) in [4.78, 5) is 12.1. The molecular weight excluding hydrogens is 278 g/mol. The van der Waals surface area contributed by atoms with E-state index < -0.39 is 11.6 Å². The van der Waals surface area contributed by atoms with Crippen molar-refractivity contribution >= 4 is 5.91 Å². The quantitative estimate of drug-likeness (QED) is 0.547. The molecule has 1 rings (SSSR count). The van der Waals surface area contributed by atoms with Crippen LogP contribution in [0.15, 0.2) is 0 Å². The maximum atomic E-state index is 12.1. The fraction of sp³-hybridized carbons (Fsp3) is 0.941. The van der Waals surface area contributed by atoms with Gasteiger partial charge >= 0.3 is 0 Å². The number of carbonyl (C=O) groups excluding carboxylic acids is 1. The molecule has 130 valence electrons. The van der Waals surface area contributed by atoms with Crippen molar-refractivity contribution in [1.29, 1.82) is 0 Å². The van der Waals surface area contributed by atoms with Crippen molar-refractivity contribution in [2.24, 2.45) is 11.7 Å². The fourth-order valence-electron chi connectivity index (χ4n) is 3.00. The number of carbonyl (C=O) groups is 1. The first-order valence-electron chi connectivity index (χ1n) is 8.72. The predicted molar refractivity (Wildman–Crippen MR) is 90.5 cm³/mol. The Labute approximate surface area is 135 Å². The zero-order chi connectivity index (χ0) is 16.8. The van der Waals surface area contributed by atoms with Crippen LogP contribution in [0, 0.1) is 5.92 Å². The van der Waals surface area contributed by atoms with Gasteiger partial charge in [-0.1, -0.05) is 32.1 Å². The molecule has 1 aliphatic rings. The Bertz CT molecular complexity index is 339. The second-order valence-corrected chi connectivity index (χ2v) is 7.61. The highest BCUT2D eigenvalue weighted by Gasteiger charge is 2.29. The molecule has 0 saturated heterocycles. The summed E-state index contributed by atoms with van der Waals surface area (Å²) in [6, 6.07) is -0.119. The minimum absolute atomic E-state index is 0.0597. The van der Waals surface area contributed by atoms with Gasteiger partial charge in [0.2, 0.25) is 5.91 Å². The van der Waals surface area contributed by atoms with E-state index >= 15 is 0 Å². The second kappa shape index (κ2) is 8.85. The Balaban J connectivity index is 2.36. The maximum Gasteiger partial charge on any atom is 0.239 e. The molecule has 5 N–H and O–H groups in total. The summed E-state index contributed by atoms with van der Waals surface area (Å²) in [7, 11) is 0. The van der Waals surface area contributed by atoms with Crippen molar-refractivity contribution in [3.8, 4) is 0 Å². The lowest BCUT2D eigenvalue weighted by molar-refractivity contribution is -0.127. The molecule has 2 atom stereocenters. The van der Waals surface area contributed by atoms with Crippen molar-refractivity contribution < 1.29 is 9.90 Å². The summed E-state index contributed by atoms with van der Waals surface area (Å²) in [5.74, 6) is 0.589. The third-order valence-corrected chi connectivity index (χ3v) is 4.57. The van der Waals surface area contributed by atoms with Gasteiger partial charge in [0.25, 0.3) is 0 Å². The van der Waals surface area contributed by atoms with Crippen LogP contribution >= 0.6 is 0 Å². The van der Waals surface area contributed by atoms with Crippen molar-refractivity contribution in [3.63, 3.8) is 0 Å². The average Bonchev–Trinajstić information content (AvgIpc) is 2.45. The number of amides is 1. The number of β-amino-alcohol motifs (C(OH)–C–C–N with tert-alkyl or cyclic N) is 1. The SMILES string of the molecule is CC(C)NC(=O)C(C)(C)NC[C@H](O)[C@@H](N)CC1CCCCC1. The Morgan fingerprint density at radius 2 is 1.86 bits per heavy atom. The van der Waals surface area contributed by atoms with Gasteiger partial charge in [0.15, 0.2) is 0 Å². The molecule has 1 fully saturated rings. The predicted octanol–water partition coefficient (Wildman–Crippen LogP) is 1.54. The van der Waals surface area contributed by atoms with Crippen molar-refractivity contribution in [1.82, 2.24) is 10.6 Å². The smallest absolute Gasteiger partial charge is 0.239 e. The lowest BCUT2D eigenvalue weighted by Gasteiger charge is -2.31. The first-order valence-corrected chi connectivity index (χ1v) is 8.72. The van der Waals surface area contributed by atoms with Crippen molar-refractivity contribution in [2.45, 2.75) is 89.9 Å². The Morgan fingerprint density at radius 3 is 2.41 bits per heavy atom. The molecule has 5 heteroatoms. The summed E-state index contributed by atoms with van der Waals surface area (Å²) in [6.45, 7) is 7.85. The molecular formula is C17H35N3O2. The molecule has 0 aromatic heterocycles. The largest absolute Gasteiger partial charge is 0.390 e. The van der Waals surface area contributed by atoms with E-state index in [1.807, 2.05) is 27.7 Å². The second-order valence-electron chi connectivity index (χ2n) is 7.61.